The van der Waals surface area contributed by atoms with E-state index in [1.54, 1.807) is 11.9 Å². The van der Waals surface area contributed by atoms with Gasteiger partial charge in [-0.15, -0.1) is 0 Å². The maximum atomic E-state index is 12.3. The van der Waals surface area contributed by atoms with Gasteiger partial charge in [-0.1, -0.05) is 29.8 Å². The average Bonchev–Trinajstić information content (AvgIpc) is 2.83. The van der Waals surface area contributed by atoms with Crippen molar-refractivity contribution in [3.63, 3.8) is 0 Å². The maximum Gasteiger partial charge on any atom is 0.228 e. The van der Waals surface area contributed by atoms with E-state index in [2.05, 4.69) is 5.32 Å². The van der Waals surface area contributed by atoms with Crippen LogP contribution in [0.1, 0.15) is 24.9 Å². The molecule has 1 aromatic carbocycles. The Bertz CT molecular complexity index is 504. The van der Waals surface area contributed by atoms with Gasteiger partial charge in [0.2, 0.25) is 11.8 Å². The molecule has 0 saturated carbocycles. The fraction of sp³-hybridized carbons (Fsp3) is 0.429. The Morgan fingerprint density at radius 1 is 1.47 bits per heavy atom. The van der Waals surface area contributed by atoms with Gasteiger partial charge in [0, 0.05) is 25.0 Å². The SMILES string of the molecule is CC(c1ccccc1Cl)N(C)C(=O)C1CNC(=O)C1. The topological polar surface area (TPSA) is 49.4 Å². The molecule has 1 N–H and O–H groups in total. The Morgan fingerprint density at radius 3 is 2.74 bits per heavy atom. The molecule has 0 aliphatic carbocycles. The Balaban J connectivity index is 2.11. The van der Waals surface area contributed by atoms with Gasteiger partial charge < -0.3 is 10.2 Å². The normalized spacial score (nSPS) is 19.9. The number of benzene rings is 1. The zero-order valence-electron chi connectivity index (χ0n) is 11.0. The number of halogens is 1. The van der Waals surface area contributed by atoms with Crippen LogP contribution in [0.25, 0.3) is 0 Å². The van der Waals surface area contributed by atoms with Crippen LogP contribution in [0, 0.1) is 5.92 Å². The van der Waals surface area contributed by atoms with E-state index in [1.807, 2.05) is 31.2 Å². The summed E-state index contributed by atoms with van der Waals surface area (Å²) in [4.78, 5) is 25.1. The van der Waals surface area contributed by atoms with Crippen molar-refractivity contribution in [1.29, 1.82) is 0 Å². The average molecular weight is 281 g/mol. The second kappa shape index (κ2) is 5.61. The largest absolute Gasteiger partial charge is 0.355 e. The van der Waals surface area contributed by atoms with Crippen molar-refractivity contribution in [1.82, 2.24) is 10.2 Å². The minimum atomic E-state index is -0.262. The van der Waals surface area contributed by atoms with Crippen LogP contribution >= 0.6 is 11.6 Å². The highest BCUT2D eigenvalue weighted by Gasteiger charge is 2.32. The van der Waals surface area contributed by atoms with Gasteiger partial charge in [0.05, 0.1) is 12.0 Å². The molecule has 1 fully saturated rings. The van der Waals surface area contributed by atoms with Gasteiger partial charge in [-0.3, -0.25) is 9.59 Å². The quantitative estimate of drug-likeness (QED) is 0.921. The van der Waals surface area contributed by atoms with Crippen molar-refractivity contribution < 1.29 is 9.59 Å². The molecule has 102 valence electrons. The number of rotatable bonds is 3. The molecule has 2 atom stereocenters. The predicted molar refractivity (Wildman–Crippen MR) is 73.8 cm³/mol. The molecule has 1 heterocycles. The fourth-order valence-electron chi connectivity index (χ4n) is 2.28. The number of carbonyl (C=O) groups excluding carboxylic acids is 2. The van der Waals surface area contributed by atoms with Crippen LogP contribution in [0.2, 0.25) is 5.02 Å². The third-order valence-electron chi connectivity index (χ3n) is 3.61. The molecule has 0 aromatic heterocycles. The summed E-state index contributed by atoms with van der Waals surface area (Å²) in [6, 6.07) is 7.37. The van der Waals surface area contributed by atoms with E-state index in [9.17, 15) is 9.59 Å². The van der Waals surface area contributed by atoms with Crippen molar-refractivity contribution in [3.8, 4) is 0 Å². The first kappa shape index (κ1) is 13.9. The third kappa shape index (κ3) is 2.89. The van der Waals surface area contributed by atoms with Gasteiger partial charge in [0.25, 0.3) is 0 Å². The van der Waals surface area contributed by atoms with Crippen LogP contribution < -0.4 is 5.32 Å². The first-order valence-electron chi connectivity index (χ1n) is 6.28. The third-order valence-corrected chi connectivity index (χ3v) is 3.95. The highest BCUT2D eigenvalue weighted by molar-refractivity contribution is 6.31. The highest BCUT2D eigenvalue weighted by Crippen LogP contribution is 2.27. The molecule has 0 radical (unpaired) electrons. The van der Waals surface area contributed by atoms with Crippen LogP contribution in [0.5, 0.6) is 0 Å². The van der Waals surface area contributed by atoms with Gasteiger partial charge in [0.15, 0.2) is 0 Å². The number of nitrogens with one attached hydrogen (secondary N) is 1. The molecule has 2 unspecified atom stereocenters. The molecule has 2 rings (SSSR count). The lowest BCUT2D eigenvalue weighted by atomic mass is 10.0. The number of nitrogens with zero attached hydrogens (tertiary/aromatic N) is 1. The van der Waals surface area contributed by atoms with Gasteiger partial charge in [-0.05, 0) is 18.6 Å². The molecular weight excluding hydrogens is 264 g/mol. The van der Waals surface area contributed by atoms with Crippen LogP contribution in [-0.2, 0) is 9.59 Å². The van der Waals surface area contributed by atoms with Crippen LogP contribution in [0.3, 0.4) is 0 Å². The molecule has 4 nitrogen and oxygen atoms in total. The van der Waals surface area contributed by atoms with E-state index >= 15 is 0 Å². The molecule has 1 aliphatic rings. The number of hydrogen-bond acceptors (Lipinski definition) is 2. The predicted octanol–water partition coefficient (Wildman–Crippen LogP) is 2.00. The molecule has 2 amide bonds. The molecular formula is C14H17ClN2O2. The van der Waals surface area contributed by atoms with Crippen LogP contribution in [-0.4, -0.2) is 30.3 Å². The van der Waals surface area contributed by atoms with Crippen LogP contribution in [0.15, 0.2) is 24.3 Å². The van der Waals surface area contributed by atoms with Gasteiger partial charge in [0.1, 0.15) is 0 Å². The van der Waals surface area contributed by atoms with E-state index in [0.29, 0.717) is 11.6 Å². The van der Waals surface area contributed by atoms with Crippen molar-refractivity contribution in [2.75, 3.05) is 13.6 Å². The van der Waals surface area contributed by atoms with Gasteiger partial charge in [-0.2, -0.15) is 0 Å². The lowest BCUT2D eigenvalue weighted by Crippen LogP contribution is -2.35. The van der Waals surface area contributed by atoms with Crippen LogP contribution in [0.4, 0.5) is 0 Å². The van der Waals surface area contributed by atoms with E-state index < -0.39 is 0 Å². The molecule has 1 saturated heterocycles. The molecule has 5 heteroatoms. The summed E-state index contributed by atoms with van der Waals surface area (Å²) in [5.74, 6) is -0.342. The Hall–Kier alpha value is -1.55. The number of carbonyl (C=O) groups is 2. The van der Waals surface area contributed by atoms with E-state index in [0.717, 1.165) is 5.56 Å². The summed E-state index contributed by atoms with van der Waals surface area (Å²) in [6.07, 6.45) is 0.276. The van der Waals surface area contributed by atoms with E-state index in [4.69, 9.17) is 11.6 Å². The molecule has 0 bridgehead atoms. The molecule has 1 aliphatic heterocycles. The van der Waals surface area contributed by atoms with Gasteiger partial charge >= 0.3 is 0 Å². The summed E-state index contributed by atoms with van der Waals surface area (Å²) in [6.45, 7) is 2.36. The maximum absolute atomic E-state index is 12.3. The second-order valence-corrected chi connectivity index (χ2v) is 5.26. The van der Waals surface area contributed by atoms with Crippen molar-refractivity contribution in [3.05, 3.63) is 34.9 Å². The summed E-state index contributed by atoms with van der Waals surface area (Å²) in [5.41, 5.74) is 0.914. The number of hydrogen-bond donors (Lipinski definition) is 1. The lowest BCUT2D eigenvalue weighted by molar-refractivity contribution is -0.136. The first-order chi connectivity index (χ1) is 9.00. The minimum Gasteiger partial charge on any atom is -0.355 e. The zero-order valence-corrected chi connectivity index (χ0v) is 11.8. The lowest BCUT2D eigenvalue weighted by Gasteiger charge is -2.28. The summed E-state index contributed by atoms with van der Waals surface area (Å²) in [5, 5.41) is 3.33. The second-order valence-electron chi connectivity index (χ2n) is 4.85. The summed E-state index contributed by atoms with van der Waals surface area (Å²) < 4.78 is 0. The van der Waals surface area contributed by atoms with Crippen molar-refractivity contribution in [2.24, 2.45) is 5.92 Å². The summed E-state index contributed by atoms with van der Waals surface area (Å²) in [7, 11) is 1.75. The minimum absolute atomic E-state index is 0.0224. The number of amides is 2. The van der Waals surface area contributed by atoms with Crippen molar-refractivity contribution in [2.45, 2.75) is 19.4 Å². The molecule has 0 spiro atoms. The summed E-state index contributed by atoms with van der Waals surface area (Å²) >= 11 is 6.15. The monoisotopic (exact) mass is 280 g/mol. The molecule has 1 aromatic rings. The Morgan fingerprint density at radius 2 is 2.16 bits per heavy atom. The molecule has 19 heavy (non-hydrogen) atoms. The Labute approximate surface area is 117 Å². The fourth-order valence-corrected chi connectivity index (χ4v) is 2.57. The zero-order chi connectivity index (χ0) is 14.0. The van der Waals surface area contributed by atoms with Crippen molar-refractivity contribution >= 4 is 23.4 Å². The standard InChI is InChI=1S/C14H17ClN2O2/c1-9(11-5-3-4-6-12(11)15)17(2)14(19)10-7-13(18)16-8-10/h3-6,9-10H,7-8H2,1-2H3,(H,16,18). The van der Waals surface area contributed by atoms with E-state index in [-0.39, 0.29) is 30.2 Å². The van der Waals surface area contributed by atoms with Gasteiger partial charge in [-0.25, -0.2) is 0 Å². The smallest absolute Gasteiger partial charge is 0.228 e. The highest BCUT2D eigenvalue weighted by atomic mass is 35.5. The van der Waals surface area contributed by atoms with E-state index in [1.165, 1.54) is 0 Å². The Kier molecular flexibility index (Phi) is 4.10. The first-order valence-corrected chi connectivity index (χ1v) is 6.66.